The number of carbonyl (C=O) groups is 1. The fourth-order valence-corrected chi connectivity index (χ4v) is 2.60. The smallest absolute Gasteiger partial charge is 0.341 e. The van der Waals surface area contributed by atoms with Crippen molar-refractivity contribution in [3.8, 4) is 0 Å². The van der Waals surface area contributed by atoms with E-state index in [0.717, 1.165) is 0 Å². The molecule has 0 aliphatic rings. The standard InChI is InChI=1S/C15H13Cl2NO3/c1-8-6-9(2)18(14(19)12(8)15(20)21)7-10-4-3-5-11(16)13(10)17/h3-6H,7H2,1-2H3,(H,20,21). The highest BCUT2D eigenvalue weighted by Crippen LogP contribution is 2.26. The molecule has 1 aromatic heterocycles. The monoisotopic (exact) mass is 325 g/mol. The lowest BCUT2D eigenvalue weighted by molar-refractivity contribution is 0.0693. The van der Waals surface area contributed by atoms with Gasteiger partial charge < -0.3 is 9.67 Å². The maximum absolute atomic E-state index is 12.4. The molecule has 4 nitrogen and oxygen atoms in total. The summed E-state index contributed by atoms with van der Waals surface area (Å²) in [6.45, 7) is 3.53. The summed E-state index contributed by atoms with van der Waals surface area (Å²) in [5, 5.41) is 9.92. The first kappa shape index (κ1) is 15.6. The Labute approximate surface area is 131 Å². The number of carboxylic acid groups (broad SMARTS) is 1. The molecule has 2 aromatic rings. The van der Waals surface area contributed by atoms with Gasteiger partial charge in [-0.2, -0.15) is 0 Å². The molecule has 2 rings (SSSR count). The fourth-order valence-electron chi connectivity index (χ4n) is 2.22. The number of nitrogens with zero attached hydrogens (tertiary/aromatic N) is 1. The van der Waals surface area contributed by atoms with E-state index in [1.807, 2.05) is 0 Å². The number of halogens is 2. The molecule has 0 unspecified atom stereocenters. The summed E-state index contributed by atoms with van der Waals surface area (Å²) >= 11 is 12.1. The van der Waals surface area contributed by atoms with Crippen molar-refractivity contribution in [3.05, 3.63) is 67.0 Å². The van der Waals surface area contributed by atoms with Crippen LogP contribution in [-0.2, 0) is 6.54 Å². The van der Waals surface area contributed by atoms with Crippen LogP contribution in [0.2, 0.25) is 10.0 Å². The summed E-state index contributed by atoms with van der Waals surface area (Å²) in [6, 6.07) is 6.81. The Morgan fingerprint density at radius 1 is 1.29 bits per heavy atom. The van der Waals surface area contributed by atoms with E-state index in [-0.39, 0.29) is 12.1 Å². The molecule has 1 N–H and O–H groups in total. The van der Waals surface area contributed by atoms with E-state index >= 15 is 0 Å². The van der Waals surface area contributed by atoms with Gasteiger partial charge in [0.15, 0.2) is 0 Å². The van der Waals surface area contributed by atoms with Gasteiger partial charge in [-0.3, -0.25) is 4.79 Å². The highest BCUT2D eigenvalue weighted by atomic mass is 35.5. The van der Waals surface area contributed by atoms with E-state index in [2.05, 4.69) is 0 Å². The van der Waals surface area contributed by atoms with Crippen LogP contribution >= 0.6 is 23.2 Å². The molecule has 110 valence electrons. The molecule has 6 heteroatoms. The molecule has 0 radical (unpaired) electrons. The zero-order valence-electron chi connectivity index (χ0n) is 11.5. The number of pyridine rings is 1. The highest BCUT2D eigenvalue weighted by molar-refractivity contribution is 6.42. The van der Waals surface area contributed by atoms with Gasteiger partial charge in [0.05, 0.1) is 16.6 Å². The van der Waals surface area contributed by atoms with Crippen LogP contribution in [0.4, 0.5) is 0 Å². The van der Waals surface area contributed by atoms with Gasteiger partial charge in [-0.25, -0.2) is 4.79 Å². The molecule has 21 heavy (non-hydrogen) atoms. The Hall–Kier alpha value is -1.78. The molecule has 0 fully saturated rings. The number of aromatic nitrogens is 1. The Morgan fingerprint density at radius 3 is 2.57 bits per heavy atom. The summed E-state index contributed by atoms with van der Waals surface area (Å²) < 4.78 is 1.38. The minimum absolute atomic E-state index is 0.171. The molecule has 0 saturated heterocycles. The molecule has 0 aliphatic carbocycles. The van der Waals surface area contributed by atoms with Crippen molar-refractivity contribution in [2.24, 2.45) is 0 Å². The van der Waals surface area contributed by atoms with Gasteiger partial charge in [0.25, 0.3) is 5.56 Å². The second-order valence-electron chi connectivity index (χ2n) is 4.75. The Kier molecular flexibility index (Phi) is 4.40. The van der Waals surface area contributed by atoms with Crippen LogP contribution < -0.4 is 5.56 Å². The van der Waals surface area contributed by atoms with E-state index < -0.39 is 11.5 Å². The van der Waals surface area contributed by atoms with Crippen molar-refractivity contribution in [3.63, 3.8) is 0 Å². The summed E-state index contributed by atoms with van der Waals surface area (Å²) in [4.78, 5) is 23.6. The molecule has 0 bridgehead atoms. The fraction of sp³-hybridized carbons (Fsp3) is 0.200. The first-order chi connectivity index (χ1) is 9.82. The lowest BCUT2D eigenvalue weighted by Crippen LogP contribution is -2.29. The number of hydrogen-bond acceptors (Lipinski definition) is 2. The first-order valence-electron chi connectivity index (χ1n) is 6.20. The Balaban J connectivity index is 2.60. The van der Waals surface area contributed by atoms with Crippen LogP contribution in [0.5, 0.6) is 0 Å². The van der Waals surface area contributed by atoms with Crippen molar-refractivity contribution in [2.45, 2.75) is 20.4 Å². The van der Waals surface area contributed by atoms with Crippen LogP contribution in [0.1, 0.15) is 27.2 Å². The third kappa shape index (κ3) is 2.96. The van der Waals surface area contributed by atoms with E-state index in [1.165, 1.54) is 4.57 Å². The molecule has 0 saturated carbocycles. The molecule has 0 aliphatic heterocycles. The number of rotatable bonds is 3. The number of carboxylic acids is 1. The predicted octanol–water partition coefficient (Wildman–Crippen LogP) is 3.52. The van der Waals surface area contributed by atoms with Crippen LogP contribution in [0.15, 0.2) is 29.1 Å². The third-order valence-corrected chi connectivity index (χ3v) is 4.14. The number of aryl methyl sites for hydroxylation is 2. The summed E-state index contributed by atoms with van der Waals surface area (Å²) in [6.07, 6.45) is 0. The maximum Gasteiger partial charge on any atom is 0.341 e. The Bertz CT molecular complexity index is 781. The summed E-state index contributed by atoms with van der Waals surface area (Å²) in [5.74, 6) is -1.23. The molecular formula is C15H13Cl2NO3. The average molecular weight is 326 g/mol. The highest BCUT2D eigenvalue weighted by Gasteiger charge is 2.17. The van der Waals surface area contributed by atoms with Gasteiger partial charge in [0.1, 0.15) is 5.56 Å². The molecule has 0 atom stereocenters. The minimum atomic E-state index is -1.23. The molecular weight excluding hydrogens is 313 g/mol. The quantitative estimate of drug-likeness (QED) is 0.939. The number of hydrogen-bond donors (Lipinski definition) is 1. The van der Waals surface area contributed by atoms with Gasteiger partial charge >= 0.3 is 5.97 Å². The molecule has 0 spiro atoms. The average Bonchev–Trinajstić information content (AvgIpc) is 2.38. The first-order valence-corrected chi connectivity index (χ1v) is 6.95. The normalized spacial score (nSPS) is 10.7. The van der Waals surface area contributed by atoms with Crippen molar-refractivity contribution >= 4 is 29.2 Å². The predicted molar refractivity (Wildman–Crippen MR) is 82.7 cm³/mol. The molecule has 1 heterocycles. The third-order valence-electron chi connectivity index (χ3n) is 3.28. The largest absolute Gasteiger partial charge is 0.477 e. The lowest BCUT2D eigenvalue weighted by Gasteiger charge is -2.14. The maximum atomic E-state index is 12.4. The lowest BCUT2D eigenvalue weighted by atomic mass is 10.1. The van der Waals surface area contributed by atoms with Crippen molar-refractivity contribution in [2.75, 3.05) is 0 Å². The van der Waals surface area contributed by atoms with Gasteiger partial charge in [-0.05, 0) is 37.1 Å². The van der Waals surface area contributed by atoms with E-state index in [9.17, 15) is 9.59 Å². The van der Waals surface area contributed by atoms with Gasteiger partial charge in [-0.15, -0.1) is 0 Å². The van der Waals surface area contributed by atoms with Gasteiger partial charge in [-0.1, -0.05) is 35.3 Å². The topological polar surface area (TPSA) is 59.3 Å². The van der Waals surface area contributed by atoms with Crippen LogP contribution in [0.3, 0.4) is 0 Å². The molecule has 0 amide bonds. The van der Waals surface area contributed by atoms with Crippen LogP contribution in [-0.4, -0.2) is 15.6 Å². The second-order valence-corrected chi connectivity index (χ2v) is 5.54. The SMILES string of the molecule is Cc1cc(C)n(Cc2cccc(Cl)c2Cl)c(=O)c1C(=O)O. The van der Waals surface area contributed by atoms with E-state index in [4.69, 9.17) is 28.3 Å². The van der Waals surface area contributed by atoms with E-state index in [0.29, 0.717) is 26.9 Å². The number of benzene rings is 1. The van der Waals surface area contributed by atoms with Gasteiger partial charge in [0.2, 0.25) is 0 Å². The van der Waals surface area contributed by atoms with Gasteiger partial charge in [0, 0.05) is 5.69 Å². The van der Waals surface area contributed by atoms with Crippen molar-refractivity contribution < 1.29 is 9.90 Å². The van der Waals surface area contributed by atoms with Crippen LogP contribution in [0.25, 0.3) is 0 Å². The molecule has 1 aromatic carbocycles. The zero-order chi connectivity index (χ0) is 15.7. The summed E-state index contributed by atoms with van der Waals surface area (Å²) in [5.41, 5.74) is 1.00. The number of aromatic carboxylic acids is 1. The Morgan fingerprint density at radius 2 is 1.95 bits per heavy atom. The second kappa shape index (κ2) is 5.92. The zero-order valence-corrected chi connectivity index (χ0v) is 13.0. The summed E-state index contributed by atoms with van der Waals surface area (Å²) in [7, 11) is 0. The van der Waals surface area contributed by atoms with Crippen molar-refractivity contribution in [1.82, 2.24) is 4.57 Å². The van der Waals surface area contributed by atoms with E-state index in [1.54, 1.807) is 38.1 Å². The minimum Gasteiger partial charge on any atom is -0.477 e. The van der Waals surface area contributed by atoms with Crippen LogP contribution in [0, 0.1) is 13.8 Å². The van der Waals surface area contributed by atoms with Crippen molar-refractivity contribution in [1.29, 1.82) is 0 Å².